The fraction of sp³-hybridized carbons (Fsp3) is 0.286. The Balaban J connectivity index is 2.22. The number of halogens is 8. The number of alkyl halides is 3. The Morgan fingerprint density at radius 3 is 2.12 bits per heavy atom. The van der Waals surface area contributed by atoms with Gasteiger partial charge in [0.05, 0.1) is 10.2 Å². The van der Waals surface area contributed by atoms with Crippen LogP contribution in [0.2, 0.25) is 0 Å². The van der Waals surface area contributed by atoms with E-state index >= 15 is 0 Å². The van der Waals surface area contributed by atoms with Crippen LogP contribution in [0.4, 0.5) is 36.4 Å². The van der Waals surface area contributed by atoms with E-state index in [9.17, 15) is 35.5 Å². The Hall–Kier alpha value is -2.11. The molecule has 2 rings (SSSR count). The summed E-state index contributed by atoms with van der Waals surface area (Å²) in [7, 11) is 0. The zero-order chi connectivity index (χ0) is 19.8. The van der Waals surface area contributed by atoms with Gasteiger partial charge in [-0.05, 0) is 22.9 Å². The topological polar surface area (TPSA) is 46.9 Å². The van der Waals surface area contributed by atoms with Crippen molar-refractivity contribution in [2.24, 2.45) is 0 Å². The molecule has 0 aliphatic carbocycles. The third-order valence-corrected chi connectivity index (χ3v) is 4.04. The van der Waals surface area contributed by atoms with Crippen molar-refractivity contribution in [1.29, 1.82) is 0 Å². The lowest BCUT2D eigenvalue weighted by molar-refractivity contribution is -0.143. The summed E-state index contributed by atoms with van der Waals surface area (Å²) in [5.41, 5.74) is -3.73. The maximum Gasteiger partial charge on any atom is 0.422 e. The Kier molecular flexibility index (Phi) is 5.64. The molecular formula is C14H9BrF7N3O. The van der Waals surface area contributed by atoms with Crippen molar-refractivity contribution >= 4 is 27.5 Å². The van der Waals surface area contributed by atoms with Crippen molar-refractivity contribution in [3.63, 3.8) is 0 Å². The molecule has 26 heavy (non-hydrogen) atoms. The van der Waals surface area contributed by atoms with Gasteiger partial charge in [-0.1, -0.05) is 0 Å². The molecule has 4 nitrogen and oxygen atoms in total. The first-order valence-electron chi connectivity index (χ1n) is 6.86. The van der Waals surface area contributed by atoms with Crippen LogP contribution in [0.1, 0.15) is 17.7 Å². The minimum absolute atomic E-state index is 0.0485. The lowest BCUT2D eigenvalue weighted by Gasteiger charge is -2.14. The summed E-state index contributed by atoms with van der Waals surface area (Å²) < 4.78 is 93.8. The molecule has 0 fully saturated rings. The van der Waals surface area contributed by atoms with Crippen LogP contribution in [0.15, 0.2) is 10.7 Å². The molecule has 0 atom stereocenters. The number of anilines is 1. The highest BCUT2D eigenvalue weighted by atomic mass is 79.9. The molecule has 0 bridgehead atoms. The number of carbonyl (C=O) groups is 1. The van der Waals surface area contributed by atoms with Crippen molar-refractivity contribution < 1.29 is 35.5 Å². The second-order valence-corrected chi connectivity index (χ2v) is 5.98. The van der Waals surface area contributed by atoms with Gasteiger partial charge in [0, 0.05) is 19.2 Å². The monoisotopic (exact) mass is 447 g/mol. The van der Waals surface area contributed by atoms with Crippen LogP contribution in [-0.2, 0) is 17.5 Å². The number of nitrogens with zero attached hydrogens (tertiary/aromatic N) is 2. The third kappa shape index (κ3) is 4.00. The van der Waals surface area contributed by atoms with Gasteiger partial charge in [0.15, 0.2) is 23.3 Å². The van der Waals surface area contributed by atoms with Gasteiger partial charge < -0.3 is 5.32 Å². The summed E-state index contributed by atoms with van der Waals surface area (Å²) in [6.07, 6.45) is -4.54. The van der Waals surface area contributed by atoms with Gasteiger partial charge in [-0.2, -0.15) is 18.3 Å². The Morgan fingerprint density at radius 2 is 1.69 bits per heavy atom. The van der Waals surface area contributed by atoms with Gasteiger partial charge in [-0.15, -0.1) is 0 Å². The molecule has 0 spiro atoms. The SMILES string of the molecule is Cc1nn(CCC(=O)Nc2c(F)c(F)c(C(F)(F)F)c(F)c2F)cc1Br. The summed E-state index contributed by atoms with van der Waals surface area (Å²) in [5.74, 6) is -11.0. The van der Waals surface area contributed by atoms with E-state index in [1.807, 2.05) is 0 Å². The highest BCUT2D eigenvalue weighted by Crippen LogP contribution is 2.38. The smallest absolute Gasteiger partial charge is 0.321 e. The van der Waals surface area contributed by atoms with E-state index in [1.54, 1.807) is 12.2 Å². The van der Waals surface area contributed by atoms with Gasteiger partial charge in [-0.3, -0.25) is 9.48 Å². The van der Waals surface area contributed by atoms with Crippen LogP contribution in [0, 0.1) is 30.2 Å². The summed E-state index contributed by atoms with van der Waals surface area (Å²) in [4.78, 5) is 11.7. The van der Waals surface area contributed by atoms with E-state index in [4.69, 9.17) is 0 Å². The van der Waals surface area contributed by atoms with Crippen molar-refractivity contribution in [1.82, 2.24) is 9.78 Å². The fourth-order valence-corrected chi connectivity index (χ4v) is 2.33. The average Bonchev–Trinajstić information content (AvgIpc) is 2.85. The van der Waals surface area contributed by atoms with Crippen LogP contribution >= 0.6 is 15.9 Å². The van der Waals surface area contributed by atoms with E-state index in [0.29, 0.717) is 10.2 Å². The second kappa shape index (κ2) is 7.25. The number of rotatable bonds is 4. The van der Waals surface area contributed by atoms with Crippen LogP contribution in [0.5, 0.6) is 0 Å². The fourth-order valence-electron chi connectivity index (χ4n) is 2.02. The van der Waals surface area contributed by atoms with E-state index in [-0.39, 0.29) is 6.54 Å². The Bertz CT molecular complexity index is 815. The number of nitrogens with one attached hydrogen (secondary N) is 1. The maximum absolute atomic E-state index is 13.7. The highest BCUT2D eigenvalue weighted by molar-refractivity contribution is 9.10. The molecule has 12 heteroatoms. The molecule has 1 heterocycles. The van der Waals surface area contributed by atoms with Crippen molar-refractivity contribution in [3.05, 3.63) is 45.2 Å². The first-order chi connectivity index (χ1) is 11.9. The molecule has 0 aliphatic heterocycles. The van der Waals surface area contributed by atoms with Crippen LogP contribution in [-0.4, -0.2) is 15.7 Å². The number of aryl methyl sites for hydroxylation is 2. The van der Waals surface area contributed by atoms with Crippen LogP contribution < -0.4 is 5.32 Å². The number of hydrogen-bond acceptors (Lipinski definition) is 2. The minimum atomic E-state index is -5.65. The average molecular weight is 448 g/mol. The number of carbonyl (C=O) groups excluding carboxylic acids is 1. The van der Waals surface area contributed by atoms with Gasteiger partial charge in [-0.25, -0.2) is 17.6 Å². The second-order valence-electron chi connectivity index (χ2n) is 5.13. The largest absolute Gasteiger partial charge is 0.422 e. The van der Waals surface area contributed by atoms with Gasteiger partial charge in [0.2, 0.25) is 5.91 Å². The summed E-state index contributed by atoms with van der Waals surface area (Å²) in [5, 5.41) is 5.53. The number of benzene rings is 1. The third-order valence-electron chi connectivity index (χ3n) is 3.27. The minimum Gasteiger partial charge on any atom is -0.321 e. The maximum atomic E-state index is 13.7. The van der Waals surface area contributed by atoms with Gasteiger partial charge >= 0.3 is 6.18 Å². The predicted molar refractivity (Wildman–Crippen MR) is 79.2 cm³/mol. The van der Waals surface area contributed by atoms with Gasteiger partial charge in [0.1, 0.15) is 11.3 Å². The van der Waals surface area contributed by atoms with E-state index in [2.05, 4.69) is 21.0 Å². The zero-order valence-corrected chi connectivity index (χ0v) is 14.4. The summed E-state index contributed by atoms with van der Waals surface area (Å²) >= 11 is 3.18. The summed E-state index contributed by atoms with van der Waals surface area (Å²) in [6, 6.07) is 0. The molecule has 1 aromatic heterocycles. The molecule has 142 valence electrons. The molecule has 0 radical (unpaired) electrons. The normalized spacial score (nSPS) is 11.7. The van der Waals surface area contributed by atoms with Crippen molar-refractivity contribution in [2.45, 2.75) is 26.1 Å². The molecule has 2 aromatic rings. The predicted octanol–water partition coefficient (Wildman–Crippen LogP) is 4.56. The summed E-state index contributed by atoms with van der Waals surface area (Å²) in [6.45, 7) is 1.62. The van der Waals surface area contributed by atoms with Gasteiger partial charge in [0.25, 0.3) is 0 Å². The Labute approximate surface area is 150 Å². The molecule has 0 saturated carbocycles. The lowest BCUT2D eigenvalue weighted by Crippen LogP contribution is -2.21. The first-order valence-corrected chi connectivity index (χ1v) is 7.65. The molecule has 1 aromatic carbocycles. The van der Waals surface area contributed by atoms with Crippen molar-refractivity contribution in [2.75, 3.05) is 5.32 Å². The standard InChI is InChI=1S/C14H9BrF7N3O/c1-5-6(15)4-25(24-5)3-2-7(26)23-13-11(18)9(16)8(14(20,21)22)10(17)12(13)19/h4H,2-3H2,1H3,(H,23,26). The number of hydrogen-bond donors (Lipinski definition) is 1. The highest BCUT2D eigenvalue weighted by Gasteiger charge is 2.42. The molecule has 1 N–H and O–H groups in total. The van der Waals surface area contributed by atoms with Crippen molar-refractivity contribution in [3.8, 4) is 0 Å². The molecule has 0 aliphatic rings. The molecule has 0 saturated heterocycles. The van der Waals surface area contributed by atoms with E-state index in [1.165, 1.54) is 10.9 Å². The van der Waals surface area contributed by atoms with Crippen LogP contribution in [0.25, 0.3) is 0 Å². The number of amides is 1. The molecular weight excluding hydrogens is 439 g/mol. The number of aromatic nitrogens is 2. The van der Waals surface area contributed by atoms with E-state index in [0.717, 1.165) is 0 Å². The Morgan fingerprint density at radius 1 is 1.15 bits per heavy atom. The first kappa shape index (κ1) is 20.2. The van der Waals surface area contributed by atoms with E-state index < -0.39 is 53.0 Å². The zero-order valence-electron chi connectivity index (χ0n) is 12.8. The lowest BCUT2D eigenvalue weighted by atomic mass is 10.1. The molecule has 0 unspecified atom stereocenters. The quantitative estimate of drug-likeness (QED) is 0.551. The molecule has 1 amide bonds. The van der Waals surface area contributed by atoms with Crippen LogP contribution in [0.3, 0.4) is 0 Å².